The minimum Gasteiger partial charge on any atom is -0.380 e. The summed E-state index contributed by atoms with van der Waals surface area (Å²) in [5.41, 5.74) is 4.47. The smallest absolute Gasteiger partial charge is 0.253 e. The third-order valence-corrected chi connectivity index (χ3v) is 7.42. The fraction of sp³-hybridized carbons (Fsp3) is 0.321. The van der Waals surface area contributed by atoms with Crippen molar-refractivity contribution in [2.45, 2.75) is 19.5 Å². The van der Waals surface area contributed by atoms with Crippen LogP contribution in [0.5, 0.6) is 0 Å². The van der Waals surface area contributed by atoms with Gasteiger partial charge in [0.25, 0.3) is 5.91 Å². The molecule has 2 saturated heterocycles. The highest BCUT2D eigenvalue weighted by Gasteiger charge is 2.50. The number of ether oxygens (including phenoxy) is 1. The second-order valence-corrected chi connectivity index (χ2v) is 10.1. The van der Waals surface area contributed by atoms with Crippen molar-refractivity contribution in [3.63, 3.8) is 0 Å². The molecule has 1 atom stereocenters. The molecule has 2 amide bonds. The molecule has 1 spiro atoms. The van der Waals surface area contributed by atoms with Gasteiger partial charge in [-0.25, -0.2) is 4.98 Å². The third kappa shape index (κ3) is 3.87. The average Bonchev–Trinajstić information content (AvgIpc) is 2.84. The zero-order valence-electron chi connectivity index (χ0n) is 20.5. The van der Waals surface area contributed by atoms with Crippen molar-refractivity contribution in [3.05, 3.63) is 78.0 Å². The Morgan fingerprint density at radius 2 is 1.86 bits per heavy atom. The lowest BCUT2D eigenvalue weighted by Gasteiger charge is -2.54. The van der Waals surface area contributed by atoms with Crippen molar-refractivity contribution in [3.8, 4) is 0 Å². The van der Waals surface area contributed by atoms with Gasteiger partial charge in [0, 0.05) is 44.0 Å². The van der Waals surface area contributed by atoms with Crippen molar-refractivity contribution < 1.29 is 14.3 Å². The highest BCUT2D eigenvalue weighted by molar-refractivity contribution is 6.05. The van der Waals surface area contributed by atoms with Gasteiger partial charge in [0.15, 0.2) is 0 Å². The van der Waals surface area contributed by atoms with Crippen LogP contribution in [0.1, 0.15) is 22.8 Å². The number of benzene rings is 2. The first-order chi connectivity index (χ1) is 17.4. The standard InChI is InChI=1S/C28H29N5O3/c1-19-26(34)31(2)24-13-29-25(12-23(24)33(19)14-20-7-4-3-5-8-20)30-22-10-6-9-21(11-22)27(35)32-15-28(16-32)17-36-18-28/h3-13,19H,14-18H2,1-2H3,(H,29,30). The zero-order valence-corrected chi connectivity index (χ0v) is 20.5. The molecule has 1 N–H and O–H groups in total. The van der Waals surface area contributed by atoms with Crippen LogP contribution in [-0.4, -0.2) is 61.1 Å². The fourth-order valence-electron chi connectivity index (χ4n) is 5.28. The molecule has 3 aromatic rings. The molecule has 0 aliphatic carbocycles. The number of fused-ring (bicyclic) bond motifs is 1. The Bertz CT molecular complexity index is 1320. The molecule has 184 valence electrons. The third-order valence-electron chi connectivity index (χ3n) is 7.42. The van der Waals surface area contributed by atoms with Gasteiger partial charge in [0.2, 0.25) is 5.91 Å². The zero-order chi connectivity index (χ0) is 24.9. The normalized spacial score (nSPS) is 20.0. The molecule has 8 nitrogen and oxygen atoms in total. The molecule has 0 radical (unpaired) electrons. The number of hydrogen-bond acceptors (Lipinski definition) is 6. The number of carbonyl (C=O) groups excluding carboxylic acids is 2. The van der Waals surface area contributed by atoms with E-state index in [2.05, 4.69) is 27.3 Å². The van der Waals surface area contributed by atoms with Crippen LogP contribution < -0.4 is 15.1 Å². The minimum absolute atomic E-state index is 0.0355. The van der Waals surface area contributed by atoms with E-state index >= 15 is 0 Å². The van der Waals surface area contributed by atoms with E-state index in [0.29, 0.717) is 17.9 Å². The number of nitrogens with one attached hydrogen (secondary N) is 1. The van der Waals surface area contributed by atoms with Gasteiger partial charge in [0.1, 0.15) is 11.9 Å². The minimum atomic E-state index is -0.306. The topological polar surface area (TPSA) is 78.0 Å². The van der Waals surface area contributed by atoms with Crippen LogP contribution in [0.25, 0.3) is 0 Å². The van der Waals surface area contributed by atoms with Crippen LogP contribution in [-0.2, 0) is 16.1 Å². The van der Waals surface area contributed by atoms with E-state index in [1.54, 1.807) is 18.1 Å². The molecule has 1 unspecified atom stereocenters. The Hall–Kier alpha value is -3.91. The maximum atomic E-state index is 13.0. The van der Waals surface area contributed by atoms with E-state index in [-0.39, 0.29) is 23.3 Å². The second kappa shape index (κ2) is 8.64. The van der Waals surface area contributed by atoms with E-state index < -0.39 is 0 Å². The number of rotatable bonds is 5. The number of anilines is 4. The molecule has 8 heteroatoms. The summed E-state index contributed by atoms with van der Waals surface area (Å²) < 4.78 is 5.32. The Kier molecular flexibility index (Phi) is 5.41. The number of pyridine rings is 1. The van der Waals surface area contributed by atoms with Gasteiger partial charge in [-0.05, 0) is 30.7 Å². The lowest BCUT2D eigenvalue weighted by atomic mass is 9.78. The predicted octanol–water partition coefficient (Wildman–Crippen LogP) is 3.67. The van der Waals surface area contributed by atoms with Gasteiger partial charge >= 0.3 is 0 Å². The first kappa shape index (κ1) is 22.5. The Morgan fingerprint density at radius 1 is 1.08 bits per heavy atom. The number of aromatic nitrogens is 1. The number of likely N-dealkylation sites (tertiary alicyclic amines) is 1. The molecular formula is C28H29N5O3. The highest BCUT2D eigenvalue weighted by atomic mass is 16.5. The highest BCUT2D eigenvalue weighted by Crippen LogP contribution is 2.39. The molecule has 36 heavy (non-hydrogen) atoms. The van der Waals surface area contributed by atoms with Gasteiger partial charge < -0.3 is 24.8 Å². The molecule has 0 bridgehead atoms. The van der Waals surface area contributed by atoms with Gasteiger partial charge in [-0.15, -0.1) is 0 Å². The van der Waals surface area contributed by atoms with Crippen LogP contribution in [0.3, 0.4) is 0 Å². The maximum absolute atomic E-state index is 13.0. The largest absolute Gasteiger partial charge is 0.380 e. The van der Waals surface area contributed by atoms with Crippen molar-refractivity contribution in [2.75, 3.05) is 48.5 Å². The van der Waals surface area contributed by atoms with Crippen LogP contribution in [0.15, 0.2) is 66.9 Å². The Labute approximate surface area is 210 Å². The summed E-state index contributed by atoms with van der Waals surface area (Å²) in [5.74, 6) is 0.729. The van der Waals surface area contributed by atoms with E-state index in [0.717, 1.165) is 48.9 Å². The summed E-state index contributed by atoms with van der Waals surface area (Å²) >= 11 is 0. The predicted molar refractivity (Wildman–Crippen MR) is 139 cm³/mol. The summed E-state index contributed by atoms with van der Waals surface area (Å²) in [7, 11) is 1.79. The van der Waals surface area contributed by atoms with Gasteiger partial charge in [-0.2, -0.15) is 0 Å². The fourth-order valence-corrected chi connectivity index (χ4v) is 5.28. The van der Waals surface area contributed by atoms with Gasteiger partial charge in [-0.1, -0.05) is 36.4 Å². The summed E-state index contributed by atoms with van der Waals surface area (Å²) in [6.45, 7) is 5.58. The number of likely N-dealkylation sites (N-methyl/N-ethyl adjacent to an activating group) is 1. The molecule has 3 aliphatic heterocycles. The molecule has 1 aromatic heterocycles. The van der Waals surface area contributed by atoms with Crippen LogP contribution >= 0.6 is 0 Å². The lowest BCUT2D eigenvalue weighted by Crippen LogP contribution is -2.67. The summed E-state index contributed by atoms with van der Waals surface area (Å²) in [6, 6.07) is 19.3. The van der Waals surface area contributed by atoms with E-state index in [1.807, 2.05) is 60.4 Å². The number of hydrogen-bond donors (Lipinski definition) is 1. The van der Waals surface area contributed by atoms with Crippen molar-refractivity contribution >= 4 is 34.7 Å². The quantitative estimate of drug-likeness (QED) is 0.597. The molecule has 6 rings (SSSR count). The molecule has 3 aliphatic rings. The number of nitrogens with zero attached hydrogens (tertiary/aromatic N) is 4. The first-order valence-electron chi connectivity index (χ1n) is 12.2. The SMILES string of the molecule is CC1C(=O)N(C)c2cnc(Nc3cccc(C(=O)N4CC5(COC5)C4)c3)cc2N1Cc1ccccc1. The average molecular weight is 484 g/mol. The van der Waals surface area contributed by atoms with E-state index in [1.165, 1.54) is 0 Å². The molecule has 2 fully saturated rings. The molecule has 4 heterocycles. The van der Waals surface area contributed by atoms with E-state index in [9.17, 15) is 9.59 Å². The lowest BCUT2D eigenvalue weighted by molar-refractivity contribution is -0.176. The van der Waals surface area contributed by atoms with Crippen LogP contribution in [0.4, 0.5) is 22.9 Å². The van der Waals surface area contributed by atoms with Gasteiger partial charge in [0.05, 0.1) is 36.2 Å². The van der Waals surface area contributed by atoms with Crippen molar-refractivity contribution in [1.29, 1.82) is 0 Å². The Balaban J connectivity index is 1.24. The first-order valence-corrected chi connectivity index (χ1v) is 12.2. The van der Waals surface area contributed by atoms with Gasteiger partial charge in [-0.3, -0.25) is 9.59 Å². The summed E-state index contributed by atoms with van der Waals surface area (Å²) in [4.78, 5) is 36.1. The summed E-state index contributed by atoms with van der Waals surface area (Å²) in [5, 5.41) is 3.36. The Morgan fingerprint density at radius 3 is 2.58 bits per heavy atom. The second-order valence-electron chi connectivity index (χ2n) is 10.1. The molecule has 0 saturated carbocycles. The van der Waals surface area contributed by atoms with Crippen LogP contribution in [0, 0.1) is 5.41 Å². The monoisotopic (exact) mass is 483 g/mol. The number of carbonyl (C=O) groups is 2. The summed E-state index contributed by atoms with van der Waals surface area (Å²) in [6.07, 6.45) is 1.73. The van der Waals surface area contributed by atoms with Crippen molar-refractivity contribution in [2.24, 2.45) is 5.41 Å². The van der Waals surface area contributed by atoms with Crippen molar-refractivity contribution in [1.82, 2.24) is 9.88 Å². The maximum Gasteiger partial charge on any atom is 0.253 e. The molecular weight excluding hydrogens is 454 g/mol. The number of amides is 2. The molecule has 2 aromatic carbocycles. The van der Waals surface area contributed by atoms with Crippen LogP contribution in [0.2, 0.25) is 0 Å². The van der Waals surface area contributed by atoms with E-state index in [4.69, 9.17) is 4.74 Å².